The summed E-state index contributed by atoms with van der Waals surface area (Å²) in [7, 11) is 0. The molecule has 11 heavy (non-hydrogen) atoms. The number of aryl methyl sites for hydroxylation is 1. The first kappa shape index (κ1) is 7.74. The maximum atomic E-state index is 10.7. The molecule has 60 valence electrons. The van der Waals surface area contributed by atoms with Gasteiger partial charge in [0.15, 0.2) is 0 Å². The maximum Gasteiger partial charge on any atom is 0.240 e. The van der Waals surface area contributed by atoms with Gasteiger partial charge in [0.25, 0.3) is 0 Å². The molecule has 0 bridgehead atoms. The number of nitrogens with two attached hydrogens (primary N) is 1. The van der Waals surface area contributed by atoms with Crippen molar-refractivity contribution in [3.63, 3.8) is 0 Å². The lowest BCUT2D eigenvalue weighted by molar-refractivity contribution is -0.115. The number of nitrogens with zero attached hydrogens (tertiary/aromatic N) is 1. The Morgan fingerprint density at radius 2 is 2.64 bits per heavy atom. The molecule has 0 aliphatic rings. The van der Waals surface area contributed by atoms with Crippen LogP contribution in [0.15, 0.2) is 10.6 Å². The number of nitrogens with one attached hydrogen (secondary N) is 1. The number of hydrogen-bond donors (Lipinski definition) is 2. The molecule has 1 aromatic rings. The van der Waals surface area contributed by atoms with Gasteiger partial charge in [0.1, 0.15) is 0 Å². The Hall–Kier alpha value is -1.36. The van der Waals surface area contributed by atoms with Gasteiger partial charge < -0.3 is 10.3 Å². The molecular weight excluding hydrogens is 146 g/mol. The van der Waals surface area contributed by atoms with Crippen LogP contribution < -0.4 is 11.1 Å². The van der Waals surface area contributed by atoms with Crippen molar-refractivity contribution in [3.05, 3.63) is 11.8 Å². The Morgan fingerprint density at radius 3 is 3.09 bits per heavy atom. The molecule has 0 fully saturated rings. The first-order valence-electron chi connectivity index (χ1n) is 3.15. The first-order valence-corrected chi connectivity index (χ1v) is 3.15. The van der Waals surface area contributed by atoms with Crippen LogP contribution in [0.3, 0.4) is 0 Å². The summed E-state index contributed by atoms with van der Waals surface area (Å²) < 4.78 is 4.70. The predicted octanol–water partition coefficient (Wildman–Crippen LogP) is -0.120. The van der Waals surface area contributed by atoms with Crippen molar-refractivity contribution in [3.8, 4) is 0 Å². The van der Waals surface area contributed by atoms with Crippen molar-refractivity contribution in [1.29, 1.82) is 0 Å². The zero-order valence-electron chi connectivity index (χ0n) is 6.13. The van der Waals surface area contributed by atoms with Crippen molar-refractivity contribution < 1.29 is 9.32 Å². The van der Waals surface area contributed by atoms with Crippen molar-refractivity contribution >= 4 is 11.8 Å². The van der Waals surface area contributed by atoms with Gasteiger partial charge in [-0.25, -0.2) is 0 Å². The Balaban J connectivity index is 2.57. The molecule has 5 nitrogen and oxygen atoms in total. The number of aromatic nitrogens is 1. The first-order chi connectivity index (χ1) is 5.22. The highest BCUT2D eigenvalue weighted by molar-refractivity contribution is 5.90. The van der Waals surface area contributed by atoms with Gasteiger partial charge in [0.2, 0.25) is 11.8 Å². The van der Waals surface area contributed by atoms with E-state index in [0.29, 0.717) is 5.88 Å². The lowest BCUT2D eigenvalue weighted by Crippen LogP contribution is -2.21. The number of amides is 1. The topological polar surface area (TPSA) is 81.2 Å². The van der Waals surface area contributed by atoms with Gasteiger partial charge in [-0.3, -0.25) is 10.1 Å². The van der Waals surface area contributed by atoms with Gasteiger partial charge >= 0.3 is 0 Å². The van der Waals surface area contributed by atoms with E-state index in [1.54, 1.807) is 13.0 Å². The minimum atomic E-state index is -0.291. The summed E-state index contributed by atoms with van der Waals surface area (Å²) in [5.41, 5.74) is 5.77. The number of rotatable bonds is 2. The summed E-state index contributed by atoms with van der Waals surface area (Å²) in [6.45, 7) is 1.71. The van der Waals surface area contributed by atoms with E-state index in [9.17, 15) is 4.79 Å². The van der Waals surface area contributed by atoms with Crippen LogP contribution in [0.5, 0.6) is 0 Å². The number of hydrogen-bond acceptors (Lipinski definition) is 4. The molecule has 0 radical (unpaired) electrons. The minimum Gasteiger partial charge on any atom is -0.338 e. The summed E-state index contributed by atoms with van der Waals surface area (Å²) in [6.07, 6.45) is 0. The Bertz CT molecular complexity index is 256. The SMILES string of the molecule is Cc1cc(NC(=O)CN)on1. The summed E-state index contributed by atoms with van der Waals surface area (Å²) in [6, 6.07) is 1.62. The summed E-state index contributed by atoms with van der Waals surface area (Å²) >= 11 is 0. The lowest BCUT2D eigenvalue weighted by Gasteiger charge is -1.94. The summed E-state index contributed by atoms with van der Waals surface area (Å²) in [4.78, 5) is 10.7. The molecule has 5 heteroatoms. The van der Waals surface area contributed by atoms with Crippen LogP contribution in [-0.4, -0.2) is 17.6 Å². The molecule has 1 amide bonds. The van der Waals surface area contributed by atoms with Gasteiger partial charge in [-0.15, -0.1) is 0 Å². The lowest BCUT2D eigenvalue weighted by atomic mass is 10.5. The second-order valence-corrected chi connectivity index (χ2v) is 2.08. The van der Waals surface area contributed by atoms with Crippen molar-refractivity contribution in [2.45, 2.75) is 6.92 Å². The largest absolute Gasteiger partial charge is 0.338 e. The second-order valence-electron chi connectivity index (χ2n) is 2.08. The third-order valence-corrected chi connectivity index (χ3v) is 1.08. The highest BCUT2D eigenvalue weighted by Crippen LogP contribution is 2.07. The Kier molecular flexibility index (Phi) is 2.22. The Labute approximate surface area is 63.5 Å². The second kappa shape index (κ2) is 3.16. The number of carbonyl (C=O) groups is 1. The molecule has 0 unspecified atom stereocenters. The molecule has 0 aliphatic carbocycles. The van der Waals surface area contributed by atoms with E-state index >= 15 is 0 Å². The molecule has 0 saturated carbocycles. The van der Waals surface area contributed by atoms with Gasteiger partial charge in [-0.05, 0) is 6.92 Å². The molecule has 0 saturated heterocycles. The average Bonchev–Trinajstić information content (AvgIpc) is 2.35. The highest BCUT2D eigenvalue weighted by atomic mass is 16.5. The molecule has 0 atom stereocenters. The monoisotopic (exact) mass is 155 g/mol. The van der Waals surface area contributed by atoms with Gasteiger partial charge in [0, 0.05) is 6.07 Å². The highest BCUT2D eigenvalue weighted by Gasteiger charge is 2.02. The van der Waals surface area contributed by atoms with Gasteiger partial charge in [-0.1, -0.05) is 5.16 Å². The smallest absolute Gasteiger partial charge is 0.240 e. The summed E-state index contributed by atoms with van der Waals surface area (Å²) in [5, 5.41) is 5.99. The molecular formula is C6H9N3O2. The van der Waals surface area contributed by atoms with Gasteiger partial charge in [0.05, 0.1) is 12.2 Å². The fraction of sp³-hybridized carbons (Fsp3) is 0.333. The van der Waals surface area contributed by atoms with E-state index in [2.05, 4.69) is 10.5 Å². The zero-order chi connectivity index (χ0) is 8.27. The van der Waals surface area contributed by atoms with Crippen LogP contribution in [0, 0.1) is 6.92 Å². The van der Waals surface area contributed by atoms with E-state index in [1.807, 2.05) is 0 Å². The fourth-order valence-electron chi connectivity index (χ4n) is 0.611. The Morgan fingerprint density at radius 1 is 1.91 bits per heavy atom. The molecule has 3 N–H and O–H groups in total. The molecule has 1 rings (SSSR count). The molecule has 0 aromatic carbocycles. The fourth-order valence-corrected chi connectivity index (χ4v) is 0.611. The van der Waals surface area contributed by atoms with Crippen LogP contribution in [0.1, 0.15) is 5.69 Å². The quantitative estimate of drug-likeness (QED) is 0.623. The number of carbonyl (C=O) groups excluding carboxylic acids is 1. The zero-order valence-corrected chi connectivity index (χ0v) is 6.13. The molecule has 0 spiro atoms. The standard InChI is InChI=1S/C6H9N3O2/c1-4-2-6(11-9-4)8-5(10)3-7/h2H,3,7H2,1H3,(H,8,10). The van der Waals surface area contributed by atoms with Crippen molar-refractivity contribution in [2.75, 3.05) is 11.9 Å². The van der Waals surface area contributed by atoms with Crippen LogP contribution >= 0.6 is 0 Å². The van der Waals surface area contributed by atoms with Crippen LogP contribution in [0.2, 0.25) is 0 Å². The average molecular weight is 155 g/mol. The van der Waals surface area contributed by atoms with Crippen molar-refractivity contribution in [2.24, 2.45) is 5.73 Å². The number of anilines is 1. The van der Waals surface area contributed by atoms with Crippen LogP contribution in [0.4, 0.5) is 5.88 Å². The van der Waals surface area contributed by atoms with Crippen molar-refractivity contribution in [1.82, 2.24) is 5.16 Å². The summed E-state index contributed by atoms with van der Waals surface area (Å²) in [5.74, 6) is 0.0408. The normalized spacial score (nSPS) is 9.64. The van der Waals surface area contributed by atoms with E-state index < -0.39 is 0 Å². The van der Waals surface area contributed by atoms with Crippen LogP contribution in [0.25, 0.3) is 0 Å². The van der Waals surface area contributed by atoms with E-state index in [1.165, 1.54) is 0 Å². The predicted molar refractivity (Wildman–Crippen MR) is 38.9 cm³/mol. The molecule has 1 aromatic heterocycles. The van der Waals surface area contributed by atoms with E-state index in [-0.39, 0.29) is 12.5 Å². The minimum absolute atomic E-state index is 0.0558. The van der Waals surface area contributed by atoms with Crippen LogP contribution in [-0.2, 0) is 4.79 Å². The maximum absolute atomic E-state index is 10.7. The van der Waals surface area contributed by atoms with E-state index in [0.717, 1.165) is 5.69 Å². The molecule has 0 aliphatic heterocycles. The third-order valence-electron chi connectivity index (χ3n) is 1.08. The third kappa shape index (κ3) is 2.05. The van der Waals surface area contributed by atoms with E-state index in [4.69, 9.17) is 10.3 Å². The molecule has 1 heterocycles. The van der Waals surface area contributed by atoms with Gasteiger partial charge in [-0.2, -0.15) is 0 Å².